The van der Waals surface area contributed by atoms with Crippen molar-refractivity contribution in [2.75, 3.05) is 26.2 Å². The summed E-state index contributed by atoms with van der Waals surface area (Å²) >= 11 is 6.09. The van der Waals surface area contributed by atoms with Gasteiger partial charge in [0.1, 0.15) is 6.04 Å². The average Bonchev–Trinajstić information content (AvgIpc) is 3.36. The normalized spacial score (nSPS) is 22.1. The highest BCUT2D eigenvalue weighted by Crippen LogP contribution is 2.30. The number of nitrogens with zero attached hydrogens (tertiary/aromatic N) is 2. The number of hydrogen-bond acceptors (Lipinski definition) is 4. The van der Waals surface area contributed by atoms with E-state index >= 15 is 0 Å². The van der Waals surface area contributed by atoms with E-state index in [-0.39, 0.29) is 17.9 Å². The smallest absolute Gasteiger partial charge is 0.245 e. The average molecular weight is 537 g/mol. The first-order valence-electron chi connectivity index (χ1n) is 14.4. The molecule has 0 radical (unpaired) electrons. The molecule has 1 saturated carbocycles. The van der Waals surface area contributed by atoms with Crippen LogP contribution in [0.4, 0.5) is 0 Å². The molecular weight excluding hydrogens is 496 g/mol. The maximum atomic E-state index is 13.8. The molecule has 38 heavy (non-hydrogen) atoms. The molecular formula is C31H41ClN4O2. The van der Waals surface area contributed by atoms with Gasteiger partial charge in [0.05, 0.1) is 0 Å². The van der Waals surface area contributed by atoms with Gasteiger partial charge in [-0.2, -0.15) is 0 Å². The van der Waals surface area contributed by atoms with E-state index in [9.17, 15) is 9.59 Å². The van der Waals surface area contributed by atoms with Crippen LogP contribution in [0.25, 0.3) is 0 Å². The SMILES string of the molecule is CC(C1CCCCC1)N1CCN(C(=O)C(Cc2ccc(Cl)cc2)NC(=O)CC2NCc3ccccc32)CC1. The van der Waals surface area contributed by atoms with Crippen LogP contribution in [0.15, 0.2) is 48.5 Å². The number of hydrogen-bond donors (Lipinski definition) is 2. The molecule has 2 aromatic carbocycles. The van der Waals surface area contributed by atoms with Crippen molar-refractivity contribution in [3.63, 3.8) is 0 Å². The molecule has 0 bridgehead atoms. The van der Waals surface area contributed by atoms with Gasteiger partial charge in [-0.15, -0.1) is 0 Å². The number of carbonyl (C=O) groups is 2. The fourth-order valence-corrected chi connectivity index (χ4v) is 6.67. The van der Waals surface area contributed by atoms with E-state index in [4.69, 9.17) is 11.6 Å². The molecule has 204 valence electrons. The first kappa shape index (κ1) is 27.2. The van der Waals surface area contributed by atoms with Gasteiger partial charge in [0.2, 0.25) is 11.8 Å². The monoisotopic (exact) mass is 536 g/mol. The van der Waals surface area contributed by atoms with E-state index in [2.05, 4.69) is 34.6 Å². The molecule has 7 heteroatoms. The third kappa shape index (κ3) is 6.59. The number of piperazine rings is 1. The second kappa shape index (κ2) is 12.6. The van der Waals surface area contributed by atoms with Gasteiger partial charge in [-0.05, 0) is 54.5 Å². The predicted octanol–water partition coefficient (Wildman–Crippen LogP) is 4.71. The molecule has 3 aliphatic rings. The summed E-state index contributed by atoms with van der Waals surface area (Å²) in [5.41, 5.74) is 3.40. The molecule has 3 atom stereocenters. The highest BCUT2D eigenvalue weighted by molar-refractivity contribution is 6.30. The van der Waals surface area contributed by atoms with Gasteiger partial charge in [-0.25, -0.2) is 0 Å². The van der Waals surface area contributed by atoms with Gasteiger partial charge in [0.15, 0.2) is 0 Å². The molecule has 1 aliphatic carbocycles. The van der Waals surface area contributed by atoms with Crippen molar-refractivity contribution in [2.24, 2.45) is 5.92 Å². The number of rotatable bonds is 8. The van der Waals surface area contributed by atoms with Gasteiger partial charge in [-0.1, -0.05) is 67.3 Å². The van der Waals surface area contributed by atoms with Crippen LogP contribution in [0.1, 0.15) is 68.2 Å². The van der Waals surface area contributed by atoms with Crippen molar-refractivity contribution < 1.29 is 9.59 Å². The van der Waals surface area contributed by atoms with Crippen LogP contribution in [0.5, 0.6) is 0 Å². The molecule has 1 saturated heterocycles. The summed E-state index contributed by atoms with van der Waals surface area (Å²) in [5, 5.41) is 7.21. The van der Waals surface area contributed by atoms with E-state index in [0.717, 1.165) is 31.1 Å². The number of carbonyl (C=O) groups excluding carboxylic acids is 2. The van der Waals surface area contributed by atoms with E-state index in [1.807, 2.05) is 41.3 Å². The molecule has 2 amide bonds. The Labute approximate surface area is 232 Å². The Morgan fingerprint density at radius 3 is 2.45 bits per heavy atom. The van der Waals surface area contributed by atoms with Crippen LogP contribution in [0, 0.1) is 5.92 Å². The highest BCUT2D eigenvalue weighted by atomic mass is 35.5. The molecule has 0 spiro atoms. The summed E-state index contributed by atoms with van der Waals surface area (Å²) < 4.78 is 0. The molecule has 3 unspecified atom stereocenters. The standard InChI is InChI=1S/C31H41ClN4O2/c1-22(24-7-3-2-4-8-24)35-15-17-36(18-16-35)31(38)29(19-23-11-13-26(32)14-12-23)34-30(37)20-28-27-10-6-5-9-25(27)21-33-28/h5-6,9-14,22,24,28-29,33H,2-4,7-8,15-21H2,1H3,(H,34,37). The Kier molecular flexibility index (Phi) is 9.03. The van der Waals surface area contributed by atoms with E-state index < -0.39 is 6.04 Å². The van der Waals surface area contributed by atoms with Crippen molar-refractivity contribution in [1.82, 2.24) is 20.4 Å². The number of benzene rings is 2. The molecule has 6 nitrogen and oxygen atoms in total. The van der Waals surface area contributed by atoms with Gasteiger partial charge in [-0.3, -0.25) is 14.5 Å². The van der Waals surface area contributed by atoms with E-state index in [1.54, 1.807) is 0 Å². The summed E-state index contributed by atoms with van der Waals surface area (Å²) in [5.74, 6) is 0.686. The first-order chi connectivity index (χ1) is 18.5. The summed E-state index contributed by atoms with van der Waals surface area (Å²) in [6.07, 6.45) is 7.49. The lowest BCUT2D eigenvalue weighted by atomic mass is 9.84. The van der Waals surface area contributed by atoms with Crippen molar-refractivity contribution in [1.29, 1.82) is 0 Å². The zero-order valence-corrected chi connectivity index (χ0v) is 23.3. The second-order valence-electron chi connectivity index (χ2n) is 11.3. The minimum absolute atomic E-state index is 0.0121. The van der Waals surface area contributed by atoms with Gasteiger partial charge in [0, 0.05) is 62.7 Å². The molecule has 2 aromatic rings. The van der Waals surface area contributed by atoms with Crippen LogP contribution in [-0.2, 0) is 22.6 Å². The lowest BCUT2D eigenvalue weighted by Gasteiger charge is -2.42. The van der Waals surface area contributed by atoms with Crippen molar-refractivity contribution >= 4 is 23.4 Å². The predicted molar refractivity (Wildman–Crippen MR) is 152 cm³/mol. The molecule has 2 fully saturated rings. The van der Waals surface area contributed by atoms with Crippen LogP contribution < -0.4 is 10.6 Å². The topological polar surface area (TPSA) is 64.7 Å². The molecule has 5 rings (SSSR count). The van der Waals surface area contributed by atoms with Crippen molar-refractivity contribution in [3.05, 3.63) is 70.2 Å². The largest absolute Gasteiger partial charge is 0.344 e. The third-order valence-corrected chi connectivity index (χ3v) is 9.13. The summed E-state index contributed by atoms with van der Waals surface area (Å²) in [6, 6.07) is 15.7. The fraction of sp³-hybridized carbons (Fsp3) is 0.548. The molecule has 2 heterocycles. The van der Waals surface area contributed by atoms with E-state index in [0.29, 0.717) is 37.0 Å². The van der Waals surface area contributed by atoms with Crippen molar-refractivity contribution in [2.45, 2.75) is 76.5 Å². The van der Waals surface area contributed by atoms with Crippen molar-refractivity contribution in [3.8, 4) is 0 Å². The number of fused-ring (bicyclic) bond motifs is 1. The van der Waals surface area contributed by atoms with E-state index in [1.165, 1.54) is 43.2 Å². The Morgan fingerprint density at radius 1 is 1.00 bits per heavy atom. The second-order valence-corrected chi connectivity index (χ2v) is 11.7. The summed E-state index contributed by atoms with van der Waals surface area (Å²) in [4.78, 5) is 31.5. The molecule has 2 N–H and O–H groups in total. The van der Waals surface area contributed by atoms with Crippen LogP contribution >= 0.6 is 11.6 Å². The Morgan fingerprint density at radius 2 is 1.71 bits per heavy atom. The Balaban J connectivity index is 1.22. The minimum atomic E-state index is -0.595. The number of halogens is 1. The van der Waals surface area contributed by atoms with Crippen LogP contribution in [0.3, 0.4) is 0 Å². The third-order valence-electron chi connectivity index (χ3n) is 8.88. The summed E-state index contributed by atoms with van der Waals surface area (Å²) in [7, 11) is 0. The highest BCUT2D eigenvalue weighted by Gasteiger charge is 2.33. The van der Waals surface area contributed by atoms with Gasteiger partial charge < -0.3 is 15.5 Å². The summed E-state index contributed by atoms with van der Waals surface area (Å²) in [6.45, 7) is 6.35. The van der Waals surface area contributed by atoms with Gasteiger partial charge >= 0.3 is 0 Å². The Bertz CT molecular complexity index is 1090. The zero-order chi connectivity index (χ0) is 26.5. The van der Waals surface area contributed by atoms with Gasteiger partial charge in [0.25, 0.3) is 0 Å². The number of amides is 2. The maximum Gasteiger partial charge on any atom is 0.245 e. The molecule has 2 aliphatic heterocycles. The zero-order valence-electron chi connectivity index (χ0n) is 22.5. The van der Waals surface area contributed by atoms with Crippen LogP contribution in [-0.4, -0.2) is 59.9 Å². The fourth-order valence-electron chi connectivity index (χ4n) is 6.54. The Hall–Kier alpha value is -2.41. The lowest BCUT2D eigenvalue weighted by Crippen LogP contribution is -2.57. The molecule has 0 aromatic heterocycles. The quantitative estimate of drug-likeness (QED) is 0.512. The van der Waals surface area contributed by atoms with Crippen LogP contribution in [0.2, 0.25) is 5.02 Å². The minimum Gasteiger partial charge on any atom is -0.344 e. The first-order valence-corrected chi connectivity index (χ1v) is 14.7. The maximum absolute atomic E-state index is 13.8. The lowest BCUT2D eigenvalue weighted by molar-refractivity contribution is -0.138. The number of nitrogens with one attached hydrogen (secondary N) is 2.